The number of ether oxygens (including phenoxy) is 2. The van der Waals surface area contributed by atoms with E-state index in [9.17, 15) is 4.79 Å². The van der Waals surface area contributed by atoms with Crippen molar-refractivity contribution < 1.29 is 18.7 Å². The Labute approximate surface area is 220 Å². The molecule has 1 amide bonds. The van der Waals surface area contributed by atoms with Gasteiger partial charge in [-0.05, 0) is 61.4 Å². The molecular weight excluding hydrogens is 522 g/mol. The van der Waals surface area contributed by atoms with Crippen molar-refractivity contribution in [2.75, 3.05) is 33.0 Å². The predicted octanol–water partition coefficient (Wildman–Crippen LogP) is 5.14. The van der Waals surface area contributed by atoms with Crippen LogP contribution in [0.15, 0.2) is 63.5 Å². The Kier molecular flexibility index (Phi) is 7.65. The second-order valence-electron chi connectivity index (χ2n) is 9.65. The van der Waals surface area contributed by atoms with Crippen LogP contribution in [-0.4, -0.2) is 59.6 Å². The van der Waals surface area contributed by atoms with Crippen molar-refractivity contribution in [1.82, 2.24) is 14.7 Å². The molecular formula is C28H32BrN3O4. The fraction of sp³-hybridized carbons (Fsp3) is 0.393. The Balaban J connectivity index is 1.14. The maximum absolute atomic E-state index is 13.1. The lowest BCUT2D eigenvalue weighted by atomic mass is 10.1. The smallest absolute Gasteiger partial charge is 0.289 e. The van der Waals surface area contributed by atoms with Crippen LogP contribution in [0, 0.1) is 0 Å². The highest BCUT2D eigenvalue weighted by molar-refractivity contribution is 9.10. The second-order valence-corrected chi connectivity index (χ2v) is 10.6. The molecule has 190 valence electrons. The van der Waals surface area contributed by atoms with Gasteiger partial charge in [0.25, 0.3) is 5.91 Å². The monoisotopic (exact) mass is 553 g/mol. The first-order valence-corrected chi connectivity index (χ1v) is 13.2. The van der Waals surface area contributed by atoms with Gasteiger partial charge in [0.05, 0.1) is 6.54 Å². The van der Waals surface area contributed by atoms with Crippen LogP contribution in [0.2, 0.25) is 0 Å². The van der Waals surface area contributed by atoms with Gasteiger partial charge in [0, 0.05) is 49.8 Å². The van der Waals surface area contributed by atoms with E-state index in [-0.39, 0.29) is 12.7 Å². The molecule has 1 aromatic heterocycles. The molecule has 7 nitrogen and oxygen atoms in total. The van der Waals surface area contributed by atoms with Crippen LogP contribution in [0.3, 0.4) is 0 Å². The van der Waals surface area contributed by atoms with Crippen molar-refractivity contribution in [3.63, 3.8) is 0 Å². The van der Waals surface area contributed by atoms with Gasteiger partial charge in [-0.2, -0.15) is 0 Å². The first-order valence-electron chi connectivity index (χ1n) is 12.4. The van der Waals surface area contributed by atoms with Gasteiger partial charge >= 0.3 is 0 Å². The van der Waals surface area contributed by atoms with Crippen molar-refractivity contribution in [1.29, 1.82) is 0 Å². The zero-order valence-electron chi connectivity index (χ0n) is 20.8. The molecule has 0 N–H and O–H groups in total. The number of furan rings is 1. The summed E-state index contributed by atoms with van der Waals surface area (Å²) in [5, 5.41) is 0. The van der Waals surface area contributed by atoms with Crippen molar-refractivity contribution >= 4 is 21.8 Å². The molecule has 0 spiro atoms. The maximum atomic E-state index is 13.1. The third-order valence-electron chi connectivity index (χ3n) is 6.76. The van der Waals surface area contributed by atoms with Crippen LogP contribution in [-0.2, 0) is 19.6 Å². The molecule has 0 aliphatic carbocycles. The van der Waals surface area contributed by atoms with Gasteiger partial charge in [-0.3, -0.25) is 14.6 Å². The lowest BCUT2D eigenvalue weighted by Crippen LogP contribution is -2.48. The van der Waals surface area contributed by atoms with E-state index in [1.54, 1.807) is 0 Å². The zero-order chi connectivity index (χ0) is 25.1. The number of hydrogen-bond donors (Lipinski definition) is 0. The average Bonchev–Trinajstić information content (AvgIpc) is 3.54. The molecule has 3 aromatic rings. The molecule has 3 heterocycles. The minimum atomic E-state index is -0.0343. The third-order valence-corrected chi connectivity index (χ3v) is 7.29. The van der Waals surface area contributed by atoms with Gasteiger partial charge in [0.2, 0.25) is 6.79 Å². The van der Waals surface area contributed by atoms with Gasteiger partial charge < -0.3 is 18.8 Å². The third kappa shape index (κ3) is 5.94. The van der Waals surface area contributed by atoms with Crippen molar-refractivity contribution in [3.8, 4) is 11.5 Å². The van der Waals surface area contributed by atoms with Gasteiger partial charge in [-0.1, -0.05) is 34.1 Å². The average molecular weight is 554 g/mol. The standard InChI is InChI=1S/C28H32BrN3O4/c1-20(2)32(17-21-3-6-23(29)7-4-21)18-24-8-10-26(36-24)28(33)31-13-11-30(12-14-31)16-22-5-9-25-27(15-22)35-19-34-25/h3-10,15,20H,11-14,16-19H2,1-2H3. The summed E-state index contributed by atoms with van der Waals surface area (Å²) in [7, 11) is 0. The molecule has 2 aromatic carbocycles. The Bertz CT molecular complexity index is 1190. The lowest BCUT2D eigenvalue weighted by Gasteiger charge is -2.34. The van der Waals surface area contributed by atoms with Crippen LogP contribution in [0.1, 0.15) is 41.3 Å². The maximum Gasteiger partial charge on any atom is 0.289 e. The Morgan fingerprint density at radius 2 is 1.64 bits per heavy atom. The van der Waals surface area contributed by atoms with E-state index in [0.717, 1.165) is 47.9 Å². The number of hydrogen-bond acceptors (Lipinski definition) is 6. The first-order chi connectivity index (χ1) is 17.4. The van der Waals surface area contributed by atoms with Crippen LogP contribution in [0.25, 0.3) is 0 Å². The van der Waals surface area contributed by atoms with Gasteiger partial charge in [-0.25, -0.2) is 0 Å². The largest absolute Gasteiger partial charge is 0.455 e. The number of nitrogens with zero attached hydrogens (tertiary/aromatic N) is 3. The molecule has 1 saturated heterocycles. The number of carbonyl (C=O) groups is 1. The van der Waals surface area contributed by atoms with E-state index >= 15 is 0 Å². The molecule has 0 saturated carbocycles. The number of carbonyl (C=O) groups excluding carboxylic acids is 1. The number of amides is 1. The summed E-state index contributed by atoms with van der Waals surface area (Å²) in [6.45, 7) is 9.95. The number of rotatable bonds is 8. The molecule has 0 radical (unpaired) electrons. The molecule has 1 fully saturated rings. The van der Waals surface area contributed by atoms with Crippen LogP contribution < -0.4 is 9.47 Å². The summed E-state index contributed by atoms with van der Waals surface area (Å²) in [6, 6.07) is 18.5. The normalized spacial score (nSPS) is 15.8. The van der Waals surface area contributed by atoms with Gasteiger partial charge in [-0.15, -0.1) is 0 Å². The summed E-state index contributed by atoms with van der Waals surface area (Å²) >= 11 is 3.50. The van der Waals surface area contributed by atoms with E-state index in [0.29, 0.717) is 31.4 Å². The fourth-order valence-corrected chi connectivity index (χ4v) is 4.85. The topological polar surface area (TPSA) is 58.4 Å². The van der Waals surface area contributed by atoms with E-state index in [1.165, 1.54) is 11.1 Å². The summed E-state index contributed by atoms with van der Waals surface area (Å²) < 4.78 is 18.0. The molecule has 2 aliphatic heterocycles. The number of piperazine rings is 1. The van der Waals surface area contributed by atoms with E-state index in [2.05, 4.69) is 69.9 Å². The number of fused-ring (bicyclic) bond motifs is 1. The number of halogens is 1. The highest BCUT2D eigenvalue weighted by atomic mass is 79.9. The molecule has 0 atom stereocenters. The molecule has 5 rings (SSSR count). The highest BCUT2D eigenvalue weighted by Crippen LogP contribution is 2.33. The van der Waals surface area contributed by atoms with Crippen molar-refractivity contribution in [2.45, 2.75) is 39.5 Å². The second kappa shape index (κ2) is 11.1. The predicted molar refractivity (Wildman–Crippen MR) is 141 cm³/mol. The minimum absolute atomic E-state index is 0.0343. The lowest BCUT2D eigenvalue weighted by molar-refractivity contribution is 0.0593. The fourth-order valence-electron chi connectivity index (χ4n) is 4.59. The summed E-state index contributed by atoms with van der Waals surface area (Å²) in [5.41, 5.74) is 2.43. The summed E-state index contributed by atoms with van der Waals surface area (Å²) in [4.78, 5) is 19.7. The van der Waals surface area contributed by atoms with Crippen molar-refractivity contribution in [3.05, 3.63) is 81.7 Å². The quantitative estimate of drug-likeness (QED) is 0.385. The summed E-state index contributed by atoms with van der Waals surface area (Å²) in [5.74, 6) is 2.81. The molecule has 36 heavy (non-hydrogen) atoms. The number of benzene rings is 2. The van der Waals surface area contributed by atoms with Crippen LogP contribution in [0.5, 0.6) is 11.5 Å². The Morgan fingerprint density at radius 1 is 0.917 bits per heavy atom. The van der Waals surface area contributed by atoms with E-state index in [1.807, 2.05) is 29.2 Å². The molecule has 2 aliphatic rings. The van der Waals surface area contributed by atoms with Crippen molar-refractivity contribution in [2.24, 2.45) is 0 Å². The minimum Gasteiger partial charge on any atom is -0.455 e. The van der Waals surface area contributed by atoms with Crippen LogP contribution in [0.4, 0.5) is 0 Å². The van der Waals surface area contributed by atoms with Gasteiger partial charge in [0.1, 0.15) is 5.76 Å². The van der Waals surface area contributed by atoms with Gasteiger partial charge in [0.15, 0.2) is 17.3 Å². The van der Waals surface area contributed by atoms with E-state index in [4.69, 9.17) is 13.9 Å². The van der Waals surface area contributed by atoms with Crippen LogP contribution >= 0.6 is 15.9 Å². The summed E-state index contributed by atoms with van der Waals surface area (Å²) in [6.07, 6.45) is 0. The Hall–Kier alpha value is -2.81. The SMILES string of the molecule is CC(C)N(Cc1ccc(Br)cc1)Cc1ccc(C(=O)N2CCN(Cc3ccc4c(c3)OCO4)CC2)o1. The molecule has 0 bridgehead atoms. The first kappa shape index (κ1) is 24.9. The zero-order valence-corrected chi connectivity index (χ0v) is 22.4. The highest BCUT2D eigenvalue weighted by Gasteiger charge is 2.25. The van der Waals surface area contributed by atoms with E-state index < -0.39 is 0 Å². The Morgan fingerprint density at radius 3 is 2.39 bits per heavy atom. The molecule has 8 heteroatoms. The molecule has 0 unspecified atom stereocenters.